The molecule has 0 saturated carbocycles. The number of carboxylic acids is 1. The van der Waals surface area contributed by atoms with E-state index in [9.17, 15) is 4.79 Å². The summed E-state index contributed by atoms with van der Waals surface area (Å²) < 4.78 is 3.58. The number of anilines is 1. The molecule has 0 unspecified atom stereocenters. The van der Waals surface area contributed by atoms with Crippen molar-refractivity contribution in [2.45, 2.75) is 25.7 Å². The van der Waals surface area contributed by atoms with Crippen LogP contribution >= 0.6 is 0 Å². The third kappa shape index (κ3) is 3.52. The van der Waals surface area contributed by atoms with E-state index in [0.717, 1.165) is 24.0 Å². The number of hydrogen-bond donors (Lipinski definition) is 1. The smallest absolute Gasteiger partial charge is 0.307 e. The summed E-state index contributed by atoms with van der Waals surface area (Å²) in [5.74, 6) is 0.367. The van der Waals surface area contributed by atoms with Gasteiger partial charge in [-0.1, -0.05) is 0 Å². The maximum Gasteiger partial charge on any atom is 0.307 e. The van der Waals surface area contributed by atoms with Crippen molar-refractivity contribution in [3.63, 3.8) is 0 Å². The summed E-state index contributed by atoms with van der Waals surface area (Å²) in [5, 5.41) is 14.6. The summed E-state index contributed by atoms with van der Waals surface area (Å²) in [6.07, 6.45) is 12.5. The molecule has 1 saturated heterocycles. The van der Waals surface area contributed by atoms with Crippen LogP contribution in [0.5, 0.6) is 0 Å². The first-order chi connectivity index (χ1) is 14.7. The van der Waals surface area contributed by atoms with E-state index in [1.807, 2.05) is 6.20 Å². The van der Waals surface area contributed by atoms with E-state index >= 15 is 0 Å². The third-order valence-corrected chi connectivity index (χ3v) is 5.48. The highest BCUT2D eigenvalue weighted by Crippen LogP contribution is 2.26. The molecule has 5 rings (SSSR count). The number of hydrogen-bond acceptors (Lipinski definition) is 5. The molecule has 1 aromatic carbocycles. The molecule has 0 aliphatic carbocycles. The lowest BCUT2D eigenvalue weighted by molar-refractivity contribution is -0.136. The fraction of sp³-hybridized carbons (Fsp3) is 0.273. The molecule has 1 aliphatic heterocycles. The van der Waals surface area contributed by atoms with Crippen LogP contribution in [0, 0.1) is 0 Å². The van der Waals surface area contributed by atoms with E-state index in [0.29, 0.717) is 17.2 Å². The van der Waals surface area contributed by atoms with Crippen molar-refractivity contribution in [3.8, 4) is 11.6 Å². The Morgan fingerprint density at radius 2 is 1.87 bits per heavy atom. The number of aliphatic carboxylic acids is 1. The Morgan fingerprint density at radius 3 is 2.70 bits per heavy atom. The topological polar surface area (TPSA) is 89.1 Å². The van der Waals surface area contributed by atoms with Gasteiger partial charge >= 0.3 is 5.97 Å². The van der Waals surface area contributed by atoms with Gasteiger partial charge in [0.1, 0.15) is 0 Å². The van der Waals surface area contributed by atoms with Gasteiger partial charge in [0.15, 0.2) is 11.6 Å². The zero-order valence-electron chi connectivity index (χ0n) is 16.5. The van der Waals surface area contributed by atoms with Crippen LogP contribution in [-0.4, -0.2) is 48.5 Å². The summed E-state index contributed by atoms with van der Waals surface area (Å²) in [7, 11) is 0. The number of rotatable bonds is 5. The number of aromatic nitrogens is 5. The van der Waals surface area contributed by atoms with Crippen LogP contribution < -0.4 is 4.90 Å². The van der Waals surface area contributed by atoms with Gasteiger partial charge in [0.2, 0.25) is 0 Å². The maximum atomic E-state index is 10.9. The van der Waals surface area contributed by atoms with E-state index in [1.54, 1.807) is 40.1 Å². The Hall–Kier alpha value is -3.68. The van der Waals surface area contributed by atoms with Crippen molar-refractivity contribution in [1.82, 2.24) is 24.3 Å². The predicted octanol–water partition coefficient (Wildman–Crippen LogP) is 3.22. The van der Waals surface area contributed by atoms with Gasteiger partial charge in [0.25, 0.3) is 0 Å². The van der Waals surface area contributed by atoms with E-state index in [2.05, 4.69) is 33.2 Å². The van der Waals surface area contributed by atoms with E-state index in [4.69, 9.17) is 10.1 Å². The maximum absolute atomic E-state index is 10.9. The Morgan fingerprint density at radius 1 is 1.03 bits per heavy atom. The number of carboxylic acid groups (broad SMARTS) is 1. The van der Waals surface area contributed by atoms with Crippen molar-refractivity contribution in [2.75, 3.05) is 18.0 Å². The number of fused-ring (bicyclic) bond motifs is 1. The molecule has 0 atom stereocenters. The number of nitrogens with zero attached hydrogens (tertiary/aromatic N) is 6. The molecule has 8 nitrogen and oxygen atoms in total. The number of benzene rings is 1. The molecule has 3 aromatic heterocycles. The lowest BCUT2D eigenvalue weighted by Gasteiger charge is -2.28. The highest BCUT2D eigenvalue weighted by Gasteiger charge is 2.14. The van der Waals surface area contributed by atoms with Crippen LogP contribution in [-0.2, 0) is 11.2 Å². The summed E-state index contributed by atoms with van der Waals surface area (Å²) in [4.78, 5) is 22.4. The monoisotopic (exact) mass is 402 g/mol. The van der Waals surface area contributed by atoms with E-state index in [1.165, 1.54) is 24.9 Å². The largest absolute Gasteiger partial charge is 0.481 e. The van der Waals surface area contributed by atoms with Gasteiger partial charge in [-0.25, -0.2) is 9.67 Å². The summed E-state index contributed by atoms with van der Waals surface area (Å²) in [6, 6.07) is 8.20. The number of carbonyl (C=O) groups is 1. The SMILES string of the molecule is O=C(O)Cc1ccn(-c2cncc(-n3ncc4ccc(N5CCCCC5)cc43)n2)c1. The van der Waals surface area contributed by atoms with Crippen LogP contribution in [0.15, 0.2) is 55.2 Å². The highest BCUT2D eigenvalue weighted by atomic mass is 16.4. The van der Waals surface area contributed by atoms with Gasteiger partial charge < -0.3 is 14.6 Å². The molecule has 30 heavy (non-hydrogen) atoms. The first-order valence-electron chi connectivity index (χ1n) is 10.1. The van der Waals surface area contributed by atoms with Crippen LogP contribution in [0.3, 0.4) is 0 Å². The predicted molar refractivity (Wildman–Crippen MR) is 113 cm³/mol. The first kappa shape index (κ1) is 18.4. The molecule has 152 valence electrons. The quantitative estimate of drug-likeness (QED) is 0.551. The summed E-state index contributed by atoms with van der Waals surface area (Å²) >= 11 is 0. The molecule has 0 amide bonds. The molecule has 0 spiro atoms. The van der Waals surface area contributed by atoms with Crippen molar-refractivity contribution in [2.24, 2.45) is 0 Å². The Bertz CT molecular complexity index is 1210. The van der Waals surface area contributed by atoms with E-state index in [-0.39, 0.29) is 6.42 Å². The molecule has 4 aromatic rings. The van der Waals surface area contributed by atoms with Crippen molar-refractivity contribution in [1.29, 1.82) is 0 Å². The second kappa shape index (κ2) is 7.62. The van der Waals surface area contributed by atoms with E-state index < -0.39 is 5.97 Å². The fourth-order valence-electron chi connectivity index (χ4n) is 3.97. The molecular weight excluding hydrogens is 380 g/mol. The van der Waals surface area contributed by atoms with Crippen molar-refractivity contribution >= 4 is 22.6 Å². The van der Waals surface area contributed by atoms with Crippen LogP contribution in [0.1, 0.15) is 24.8 Å². The van der Waals surface area contributed by atoms with Crippen LogP contribution in [0.25, 0.3) is 22.5 Å². The van der Waals surface area contributed by atoms with Crippen LogP contribution in [0.4, 0.5) is 5.69 Å². The van der Waals surface area contributed by atoms with Gasteiger partial charge in [-0.05, 0) is 49.1 Å². The molecule has 4 heterocycles. The summed E-state index contributed by atoms with van der Waals surface area (Å²) in [5.41, 5.74) is 2.91. The van der Waals surface area contributed by atoms with Gasteiger partial charge in [-0.2, -0.15) is 5.10 Å². The average molecular weight is 402 g/mol. The van der Waals surface area contributed by atoms with Gasteiger partial charge in [-0.3, -0.25) is 9.78 Å². The van der Waals surface area contributed by atoms with Crippen molar-refractivity contribution in [3.05, 3.63) is 60.8 Å². The molecule has 1 fully saturated rings. The standard InChI is InChI=1S/C22H22N6O2/c29-22(30)10-16-6-9-27(15-16)20-13-23-14-21(25-20)28-19-11-18(5-4-17(19)12-24-28)26-7-2-1-3-8-26/h4-6,9,11-15H,1-3,7-8,10H2,(H,29,30). The lowest BCUT2D eigenvalue weighted by atomic mass is 10.1. The average Bonchev–Trinajstić information content (AvgIpc) is 3.40. The minimum absolute atomic E-state index is 0.0246. The Kier molecular flexibility index (Phi) is 4.66. The molecule has 0 bridgehead atoms. The molecular formula is C22H22N6O2. The second-order valence-electron chi connectivity index (χ2n) is 7.58. The lowest BCUT2D eigenvalue weighted by Crippen LogP contribution is -2.29. The molecule has 0 radical (unpaired) electrons. The highest BCUT2D eigenvalue weighted by molar-refractivity contribution is 5.83. The minimum atomic E-state index is -0.861. The number of piperidine rings is 1. The third-order valence-electron chi connectivity index (χ3n) is 5.48. The zero-order chi connectivity index (χ0) is 20.5. The van der Waals surface area contributed by atoms with Gasteiger partial charge in [0.05, 0.1) is 30.5 Å². The Labute approximate surface area is 173 Å². The Balaban J connectivity index is 1.50. The molecule has 1 N–H and O–H groups in total. The van der Waals surface area contributed by atoms with Crippen LogP contribution in [0.2, 0.25) is 0 Å². The summed E-state index contributed by atoms with van der Waals surface area (Å²) in [6.45, 7) is 2.17. The molecule has 8 heteroatoms. The minimum Gasteiger partial charge on any atom is -0.481 e. The fourth-order valence-corrected chi connectivity index (χ4v) is 3.97. The second-order valence-corrected chi connectivity index (χ2v) is 7.58. The first-order valence-corrected chi connectivity index (χ1v) is 10.1. The normalized spacial score (nSPS) is 14.3. The van der Waals surface area contributed by atoms with Crippen molar-refractivity contribution < 1.29 is 9.90 Å². The molecule has 1 aliphatic rings. The zero-order valence-corrected chi connectivity index (χ0v) is 16.5. The van der Waals surface area contributed by atoms with Gasteiger partial charge in [0, 0.05) is 36.6 Å². The van der Waals surface area contributed by atoms with Gasteiger partial charge in [-0.15, -0.1) is 0 Å².